The highest BCUT2D eigenvalue weighted by Gasteiger charge is 2.24. The van der Waals surface area contributed by atoms with Gasteiger partial charge in [0.25, 0.3) is 5.56 Å². The van der Waals surface area contributed by atoms with Crippen LogP contribution in [0.2, 0.25) is 0 Å². The minimum absolute atomic E-state index is 0.202. The molecule has 0 radical (unpaired) electrons. The molecule has 0 bridgehead atoms. The lowest BCUT2D eigenvalue weighted by Gasteiger charge is -2.15. The van der Waals surface area contributed by atoms with Gasteiger partial charge in [0.05, 0.1) is 11.3 Å². The topological polar surface area (TPSA) is 122 Å². The van der Waals surface area contributed by atoms with Gasteiger partial charge in [-0.25, -0.2) is 24.5 Å². The third-order valence-corrected chi connectivity index (χ3v) is 8.00. The maximum absolute atomic E-state index is 14.1. The number of hydrogen-bond acceptors (Lipinski definition) is 9. The number of nitrogens with one attached hydrogen (secondary N) is 3. The van der Waals surface area contributed by atoms with Crippen molar-refractivity contribution in [2.24, 2.45) is 4.99 Å². The summed E-state index contributed by atoms with van der Waals surface area (Å²) in [7, 11) is 0. The standard InChI is InChI=1S/C30H31N9O/c1-18-14-34-27(21-9-12-32-16-21)37-26(18)24-13-22-17-35-30(38-28(22)39(29(24)40)25-3-2-10-33-25)36-23-6-4-19(5-7-23)20-8-11-31-15-20/h2,4-7,10,13-14,17,20-21,31-32H,3,8-9,11-12,15-16H2,1H3,(H,35,36,38). The monoisotopic (exact) mass is 533 g/mol. The van der Waals surface area contributed by atoms with Gasteiger partial charge in [-0.2, -0.15) is 4.98 Å². The number of allylic oxidation sites excluding steroid dienone is 1. The van der Waals surface area contributed by atoms with Crippen LogP contribution in [-0.2, 0) is 0 Å². The largest absolute Gasteiger partial charge is 0.324 e. The summed E-state index contributed by atoms with van der Waals surface area (Å²) in [6.45, 7) is 5.81. The van der Waals surface area contributed by atoms with E-state index < -0.39 is 0 Å². The van der Waals surface area contributed by atoms with Crippen LogP contribution in [0.1, 0.15) is 48.0 Å². The smallest absolute Gasteiger partial charge is 0.267 e. The Bertz CT molecular complexity index is 1700. The average Bonchev–Trinajstić information content (AvgIpc) is 3.78. The van der Waals surface area contributed by atoms with Gasteiger partial charge in [0.2, 0.25) is 5.95 Å². The van der Waals surface area contributed by atoms with E-state index in [1.165, 1.54) is 5.56 Å². The number of rotatable bonds is 5. The van der Waals surface area contributed by atoms with Gasteiger partial charge in [-0.15, -0.1) is 0 Å². The van der Waals surface area contributed by atoms with Crippen LogP contribution < -0.4 is 21.5 Å². The molecule has 0 amide bonds. The molecule has 10 heteroatoms. The Kier molecular flexibility index (Phi) is 6.41. The second-order valence-corrected chi connectivity index (χ2v) is 10.7. The van der Waals surface area contributed by atoms with E-state index in [4.69, 9.17) is 9.97 Å². The van der Waals surface area contributed by atoms with E-state index >= 15 is 0 Å². The van der Waals surface area contributed by atoms with E-state index in [9.17, 15) is 4.79 Å². The van der Waals surface area contributed by atoms with Crippen LogP contribution in [0.3, 0.4) is 0 Å². The number of aromatic nitrogens is 5. The van der Waals surface area contributed by atoms with E-state index in [1.54, 1.807) is 17.0 Å². The first kappa shape index (κ1) is 24.7. The van der Waals surface area contributed by atoms with Gasteiger partial charge in [-0.05, 0) is 68.1 Å². The van der Waals surface area contributed by atoms with Gasteiger partial charge in [-0.1, -0.05) is 18.2 Å². The molecule has 7 rings (SSSR count). The fourth-order valence-electron chi connectivity index (χ4n) is 5.77. The van der Waals surface area contributed by atoms with Gasteiger partial charge >= 0.3 is 0 Å². The van der Waals surface area contributed by atoms with E-state index in [0.29, 0.717) is 41.0 Å². The summed E-state index contributed by atoms with van der Waals surface area (Å²) in [5, 5.41) is 10.8. The minimum Gasteiger partial charge on any atom is -0.324 e. The summed E-state index contributed by atoms with van der Waals surface area (Å²) in [5.74, 6) is 2.61. The Morgan fingerprint density at radius 1 is 0.975 bits per heavy atom. The first-order valence-corrected chi connectivity index (χ1v) is 13.9. The first-order valence-electron chi connectivity index (χ1n) is 13.9. The predicted octanol–water partition coefficient (Wildman–Crippen LogP) is 3.62. The van der Waals surface area contributed by atoms with Crippen LogP contribution in [0.25, 0.3) is 22.3 Å². The maximum atomic E-state index is 14.1. The molecular formula is C30H31N9O. The van der Waals surface area contributed by atoms with Crippen molar-refractivity contribution >= 4 is 28.5 Å². The Hall–Kier alpha value is -4.28. The van der Waals surface area contributed by atoms with Crippen molar-refractivity contribution in [3.05, 3.63) is 82.3 Å². The molecule has 2 saturated heterocycles. The van der Waals surface area contributed by atoms with Crippen LogP contribution in [0.15, 0.2) is 64.8 Å². The van der Waals surface area contributed by atoms with Crippen LogP contribution in [0, 0.1) is 6.92 Å². The normalized spacial score (nSPS) is 20.4. The summed E-state index contributed by atoms with van der Waals surface area (Å²) in [4.78, 5) is 37.4. The van der Waals surface area contributed by atoms with Gasteiger partial charge in [0.15, 0.2) is 5.65 Å². The lowest BCUT2D eigenvalue weighted by molar-refractivity contribution is 0.701. The molecule has 10 nitrogen and oxygen atoms in total. The zero-order valence-electron chi connectivity index (χ0n) is 22.4. The lowest BCUT2D eigenvalue weighted by atomic mass is 9.98. The van der Waals surface area contributed by atoms with Crippen LogP contribution in [0.5, 0.6) is 0 Å². The number of hydrogen-bond donors (Lipinski definition) is 3. The van der Waals surface area contributed by atoms with E-state index in [-0.39, 0.29) is 11.5 Å². The number of benzene rings is 1. The molecule has 2 unspecified atom stereocenters. The fourth-order valence-corrected chi connectivity index (χ4v) is 5.77. The summed E-state index contributed by atoms with van der Waals surface area (Å²) in [6.07, 6.45) is 9.92. The molecule has 3 aliphatic rings. The van der Waals surface area contributed by atoms with Crippen LogP contribution >= 0.6 is 0 Å². The summed E-state index contributed by atoms with van der Waals surface area (Å²) < 4.78 is 1.60. The third kappa shape index (κ3) is 4.59. The molecule has 0 saturated carbocycles. The van der Waals surface area contributed by atoms with Gasteiger partial charge in [0.1, 0.15) is 11.7 Å². The number of aliphatic imine (C=N–C) groups is 1. The van der Waals surface area contributed by atoms with Crippen molar-refractivity contribution in [2.45, 2.75) is 38.0 Å². The Morgan fingerprint density at radius 2 is 1.77 bits per heavy atom. The second kappa shape index (κ2) is 10.4. The highest BCUT2D eigenvalue weighted by atomic mass is 16.1. The maximum Gasteiger partial charge on any atom is 0.267 e. The van der Waals surface area contributed by atoms with E-state index in [2.05, 4.69) is 55.2 Å². The zero-order chi connectivity index (χ0) is 27.1. The van der Waals surface area contributed by atoms with Crippen molar-refractivity contribution < 1.29 is 0 Å². The average molecular weight is 534 g/mol. The second-order valence-electron chi connectivity index (χ2n) is 10.7. The molecule has 3 N–H and O–H groups in total. The molecule has 2 fully saturated rings. The van der Waals surface area contributed by atoms with Crippen molar-refractivity contribution in [3.63, 3.8) is 0 Å². The number of anilines is 2. The molecule has 2 atom stereocenters. The molecule has 40 heavy (non-hydrogen) atoms. The van der Waals surface area contributed by atoms with Crippen LogP contribution in [0.4, 0.5) is 11.6 Å². The van der Waals surface area contributed by atoms with Crippen molar-refractivity contribution in [1.82, 2.24) is 35.1 Å². The predicted molar refractivity (Wildman–Crippen MR) is 156 cm³/mol. The lowest BCUT2D eigenvalue weighted by Crippen LogP contribution is -2.29. The van der Waals surface area contributed by atoms with E-state index in [1.807, 2.05) is 25.3 Å². The highest BCUT2D eigenvalue weighted by molar-refractivity contribution is 5.96. The molecule has 1 aromatic carbocycles. The SMILES string of the molecule is Cc1cnc(C2CCNC2)nc1-c1cc2cnc(Nc3ccc(C4CCNC4)cc3)nc2n(C2=NC=CC2)c1=O. The summed E-state index contributed by atoms with van der Waals surface area (Å²) >= 11 is 0. The molecule has 3 aliphatic heterocycles. The Balaban J connectivity index is 1.28. The van der Waals surface area contributed by atoms with Crippen molar-refractivity contribution in [3.8, 4) is 11.3 Å². The molecule has 0 aliphatic carbocycles. The van der Waals surface area contributed by atoms with Crippen molar-refractivity contribution in [1.29, 1.82) is 0 Å². The highest BCUT2D eigenvalue weighted by Crippen LogP contribution is 2.27. The molecule has 3 aromatic heterocycles. The Labute approximate surface area is 231 Å². The number of pyridine rings is 1. The third-order valence-electron chi connectivity index (χ3n) is 8.00. The van der Waals surface area contributed by atoms with E-state index in [0.717, 1.165) is 61.5 Å². The summed E-state index contributed by atoms with van der Waals surface area (Å²) in [6, 6.07) is 10.3. The number of aryl methyl sites for hydroxylation is 1. The first-order chi connectivity index (χ1) is 19.6. The number of fused-ring (bicyclic) bond motifs is 1. The molecule has 202 valence electrons. The molecule has 4 aromatic rings. The quantitative estimate of drug-likeness (QED) is 0.356. The van der Waals surface area contributed by atoms with Gasteiger partial charge < -0.3 is 16.0 Å². The van der Waals surface area contributed by atoms with Gasteiger partial charge in [0, 0.05) is 55.1 Å². The molecule has 0 spiro atoms. The van der Waals surface area contributed by atoms with Gasteiger partial charge in [-0.3, -0.25) is 4.79 Å². The Morgan fingerprint density at radius 3 is 2.50 bits per heavy atom. The minimum atomic E-state index is -0.202. The molecule has 6 heterocycles. The fraction of sp³-hybridized carbons (Fsp3) is 0.333. The van der Waals surface area contributed by atoms with Crippen molar-refractivity contribution in [2.75, 3.05) is 31.5 Å². The molecular weight excluding hydrogens is 502 g/mol. The summed E-state index contributed by atoms with van der Waals surface area (Å²) in [5.41, 5.74) is 4.51. The zero-order valence-corrected chi connectivity index (χ0v) is 22.4. The number of nitrogens with zero attached hydrogens (tertiary/aromatic N) is 6. The van der Waals surface area contributed by atoms with Crippen LogP contribution in [-0.4, -0.2) is 56.5 Å².